The molecule has 0 aliphatic heterocycles. The van der Waals surface area contributed by atoms with Gasteiger partial charge >= 0.3 is 0 Å². The molecule has 0 saturated carbocycles. The number of amides is 2. The van der Waals surface area contributed by atoms with Crippen molar-refractivity contribution in [3.63, 3.8) is 0 Å². The molecule has 8 nitrogen and oxygen atoms in total. The first kappa shape index (κ1) is 28.5. The van der Waals surface area contributed by atoms with Gasteiger partial charge in [-0.3, -0.25) is 13.9 Å². The van der Waals surface area contributed by atoms with Crippen molar-refractivity contribution in [2.45, 2.75) is 52.7 Å². The molecule has 0 spiro atoms. The number of carbonyl (C=O) groups is 2. The van der Waals surface area contributed by atoms with Gasteiger partial charge in [0.15, 0.2) is 0 Å². The summed E-state index contributed by atoms with van der Waals surface area (Å²) in [7, 11) is -3.81. The van der Waals surface area contributed by atoms with Gasteiger partial charge in [0.2, 0.25) is 21.8 Å². The molecule has 1 atom stereocenters. The van der Waals surface area contributed by atoms with Gasteiger partial charge in [-0.25, -0.2) is 8.42 Å². The Labute approximate surface area is 213 Å². The number of benzene rings is 2. The molecule has 2 aromatic carbocycles. The molecule has 10 heteroatoms. The van der Waals surface area contributed by atoms with Gasteiger partial charge in [0.25, 0.3) is 0 Å². The van der Waals surface area contributed by atoms with Gasteiger partial charge < -0.3 is 15.0 Å². The molecular weight excluding hydrogens is 490 g/mol. The van der Waals surface area contributed by atoms with Crippen LogP contribution < -0.4 is 14.4 Å². The van der Waals surface area contributed by atoms with Crippen LogP contribution in [-0.2, 0) is 26.2 Å². The lowest BCUT2D eigenvalue weighted by Crippen LogP contribution is -2.54. The Morgan fingerprint density at radius 3 is 2.20 bits per heavy atom. The predicted molar refractivity (Wildman–Crippen MR) is 139 cm³/mol. The average molecular weight is 524 g/mol. The zero-order valence-electron chi connectivity index (χ0n) is 21.0. The van der Waals surface area contributed by atoms with E-state index in [0.29, 0.717) is 28.6 Å². The molecule has 2 amide bonds. The first-order valence-corrected chi connectivity index (χ1v) is 13.5. The van der Waals surface area contributed by atoms with Crippen molar-refractivity contribution in [3.8, 4) is 5.75 Å². The third-order valence-electron chi connectivity index (χ3n) is 5.08. The highest BCUT2D eigenvalue weighted by Crippen LogP contribution is 2.23. The summed E-state index contributed by atoms with van der Waals surface area (Å²) in [6.07, 6.45) is 1.03. The van der Waals surface area contributed by atoms with Crippen LogP contribution in [0.5, 0.6) is 5.75 Å². The summed E-state index contributed by atoms with van der Waals surface area (Å²) >= 11 is 6.32. The van der Waals surface area contributed by atoms with Crippen LogP contribution in [0.4, 0.5) is 5.69 Å². The Morgan fingerprint density at radius 1 is 1.09 bits per heavy atom. The molecule has 0 fully saturated rings. The third-order valence-corrected chi connectivity index (χ3v) is 6.59. The Bertz CT molecular complexity index is 1130. The van der Waals surface area contributed by atoms with Gasteiger partial charge in [0.05, 0.1) is 18.6 Å². The number of carbonyl (C=O) groups excluding carboxylic acids is 2. The molecule has 2 aromatic rings. The molecule has 0 unspecified atom stereocenters. The van der Waals surface area contributed by atoms with Crippen molar-refractivity contribution in [1.29, 1.82) is 0 Å². The lowest BCUT2D eigenvalue weighted by atomic mass is 10.1. The van der Waals surface area contributed by atoms with Crippen molar-refractivity contribution in [2.75, 3.05) is 23.7 Å². The zero-order valence-corrected chi connectivity index (χ0v) is 22.6. The number of halogens is 1. The topological polar surface area (TPSA) is 96.0 Å². The average Bonchev–Trinajstić information content (AvgIpc) is 2.75. The minimum absolute atomic E-state index is 0.0398. The van der Waals surface area contributed by atoms with Crippen molar-refractivity contribution in [2.24, 2.45) is 0 Å². The van der Waals surface area contributed by atoms with E-state index in [1.807, 2.05) is 27.7 Å². The van der Waals surface area contributed by atoms with E-state index in [-0.39, 0.29) is 12.5 Å². The highest BCUT2D eigenvalue weighted by molar-refractivity contribution is 7.92. The fourth-order valence-corrected chi connectivity index (χ4v) is 4.40. The zero-order chi connectivity index (χ0) is 26.4. The molecule has 192 valence electrons. The molecule has 2 rings (SSSR count). The number of nitrogens with one attached hydrogen (secondary N) is 1. The fraction of sp³-hybridized carbons (Fsp3) is 0.440. The SMILES string of the molecule is CCOc1ccc(N(CC(=O)N(Cc2ccccc2Cl)[C@H](C)C(=O)NC(C)(C)C)S(C)(=O)=O)cc1. The summed E-state index contributed by atoms with van der Waals surface area (Å²) < 4.78 is 31.7. The van der Waals surface area contributed by atoms with Crippen LogP contribution in [0.1, 0.15) is 40.2 Å². The highest BCUT2D eigenvalue weighted by Gasteiger charge is 2.31. The van der Waals surface area contributed by atoms with Crippen molar-refractivity contribution < 1.29 is 22.7 Å². The molecule has 0 aromatic heterocycles. The molecule has 0 aliphatic carbocycles. The normalized spacial score (nSPS) is 12.5. The van der Waals surface area contributed by atoms with Crippen LogP contribution in [0.25, 0.3) is 0 Å². The van der Waals surface area contributed by atoms with Gasteiger partial charge in [0, 0.05) is 17.1 Å². The lowest BCUT2D eigenvalue weighted by Gasteiger charge is -2.33. The number of anilines is 1. The standard InChI is InChI=1S/C25H34ClN3O5S/c1-7-34-21-14-12-20(13-15-21)29(35(6,32)33)17-23(30)28(16-19-10-8-9-11-22(19)26)18(2)24(31)27-25(3,4)5/h8-15,18H,7,16-17H2,1-6H3,(H,27,31)/t18-/m1/s1. The minimum Gasteiger partial charge on any atom is -0.494 e. The fourth-order valence-electron chi connectivity index (χ4n) is 3.36. The van der Waals surface area contributed by atoms with E-state index >= 15 is 0 Å². The van der Waals surface area contributed by atoms with Crippen LogP contribution in [0.2, 0.25) is 5.02 Å². The second kappa shape index (κ2) is 11.8. The molecule has 1 N–H and O–H groups in total. The number of nitrogens with zero attached hydrogens (tertiary/aromatic N) is 2. The van der Waals surface area contributed by atoms with Gasteiger partial charge in [-0.05, 0) is 70.5 Å². The largest absolute Gasteiger partial charge is 0.494 e. The maximum absolute atomic E-state index is 13.5. The Hall–Kier alpha value is -2.78. The number of hydrogen-bond acceptors (Lipinski definition) is 5. The van der Waals surface area contributed by atoms with Crippen LogP contribution in [0, 0.1) is 0 Å². The highest BCUT2D eigenvalue weighted by atomic mass is 35.5. The Morgan fingerprint density at radius 2 is 1.69 bits per heavy atom. The van der Waals surface area contributed by atoms with Crippen molar-refractivity contribution in [3.05, 3.63) is 59.1 Å². The maximum atomic E-state index is 13.5. The van der Waals surface area contributed by atoms with Gasteiger partial charge in [-0.1, -0.05) is 29.8 Å². The first-order valence-electron chi connectivity index (χ1n) is 11.3. The summed E-state index contributed by atoms with van der Waals surface area (Å²) in [4.78, 5) is 27.8. The summed E-state index contributed by atoms with van der Waals surface area (Å²) in [5.74, 6) is -0.311. The molecule has 35 heavy (non-hydrogen) atoms. The van der Waals surface area contributed by atoms with Crippen LogP contribution >= 0.6 is 11.6 Å². The monoisotopic (exact) mass is 523 g/mol. The number of ether oxygens (including phenoxy) is 1. The first-order chi connectivity index (χ1) is 16.2. The van der Waals surface area contributed by atoms with E-state index in [2.05, 4.69) is 5.32 Å². The summed E-state index contributed by atoms with van der Waals surface area (Å²) in [5, 5.41) is 3.32. The van der Waals surface area contributed by atoms with Gasteiger partial charge in [-0.15, -0.1) is 0 Å². The van der Waals surface area contributed by atoms with E-state index < -0.39 is 34.1 Å². The van der Waals surface area contributed by atoms with E-state index in [4.69, 9.17) is 16.3 Å². The second-order valence-electron chi connectivity index (χ2n) is 9.22. The smallest absolute Gasteiger partial charge is 0.244 e. The maximum Gasteiger partial charge on any atom is 0.244 e. The van der Waals surface area contributed by atoms with Crippen molar-refractivity contribution >= 4 is 39.1 Å². The quantitative estimate of drug-likeness (QED) is 0.510. The van der Waals surface area contributed by atoms with E-state index in [1.54, 1.807) is 55.5 Å². The van der Waals surface area contributed by atoms with Gasteiger partial charge in [-0.2, -0.15) is 0 Å². The number of hydrogen-bond donors (Lipinski definition) is 1. The van der Waals surface area contributed by atoms with Crippen LogP contribution in [-0.4, -0.2) is 56.1 Å². The minimum atomic E-state index is -3.81. The molecule has 0 aliphatic rings. The summed E-state index contributed by atoms with van der Waals surface area (Å²) in [6, 6.07) is 12.6. The van der Waals surface area contributed by atoms with Crippen LogP contribution in [0.15, 0.2) is 48.5 Å². The molecule has 0 radical (unpaired) electrons. The molecule has 0 bridgehead atoms. The molecular formula is C25H34ClN3O5S. The van der Waals surface area contributed by atoms with E-state index in [0.717, 1.165) is 10.6 Å². The molecule has 0 heterocycles. The van der Waals surface area contributed by atoms with E-state index in [9.17, 15) is 18.0 Å². The third kappa shape index (κ3) is 8.43. The van der Waals surface area contributed by atoms with E-state index in [1.165, 1.54) is 4.90 Å². The van der Waals surface area contributed by atoms with Crippen molar-refractivity contribution in [1.82, 2.24) is 10.2 Å². The Balaban J connectivity index is 2.40. The molecule has 0 saturated heterocycles. The number of sulfonamides is 1. The summed E-state index contributed by atoms with van der Waals surface area (Å²) in [5.41, 5.74) is 0.449. The van der Waals surface area contributed by atoms with Crippen LogP contribution in [0.3, 0.4) is 0 Å². The second-order valence-corrected chi connectivity index (χ2v) is 11.5. The predicted octanol–water partition coefficient (Wildman–Crippen LogP) is 3.84. The van der Waals surface area contributed by atoms with Gasteiger partial charge in [0.1, 0.15) is 18.3 Å². The summed E-state index contributed by atoms with van der Waals surface area (Å²) in [6.45, 7) is 9.01. The number of rotatable bonds is 10. The lowest BCUT2D eigenvalue weighted by molar-refractivity contribution is -0.140. The Kier molecular flexibility index (Phi) is 9.57.